The summed E-state index contributed by atoms with van der Waals surface area (Å²) in [5, 5.41) is 14.0. The maximum Gasteiger partial charge on any atom is 0.434 e. The van der Waals surface area contributed by atoms with Gasteiger partial charge >= 0.3 is 5.95 Å². The second-order valence-electron chi connectivity index (χ2n) is 4.01. The molecule has 0 spiro atoms. The molecule has 0 amide bonds. The van der Waals surface area contributed by atoms with E-state index in [2.05, 4.69) is 10.1 Å². The molecule has 2 rings (SSSR count). The summed E-state index contributed by atoms with van der Waals surface area (Å²) in [6.45, 7) is 0. The fourth-order valence-electron chi connectivity index (χ4n) is 1.54. The van der Waals surface area contributed by atoms with Crippen LogP contribution in [0.5, 0.6) is 0 Å². The molecular weight excluding hydrogens is 310 g/mol. The van der Waals surface area contributed by atoms with Crippen molar-refractivity contribution in [1.82, 2.24) is 9.55 Å². The van der Waals surface area contributed by atoms with Gasteiger partial charge in [-0.25, -0.2) is 22.1 Å². The number of hydrogen-bond acceptors (Lipinski definition) is 5. The van der Waals surface area contributed by atoms with Crippen molar-refractivity contribution < 1.29 is 22.5 Å². The molecule has 0 saturated heterocycles. The highest BCUT2D eigenvalue weighted by Crippen LogP contribution is 2.24. The lowest BCUT2D eigenvalue weighted by molar-refractivity contribution is -0.396. The van der Waals surface area contributed by atoms with Gasteiger partial charge < -0.3 is 10.1 Å². The smallest absolute Gasteiger partial charge is 0.390 e. The lowest BCUT2D eigenvalue weighted by atomic mass is 10.2. The Morgan fingerprint density at radius 1 is 1.32 bits per heavy atom. The molecule has 0 atom stereocenters. The summed E-state index contributed by atoms with van der Waals surface area (Å²) in [4.78, 5) is 13.3. The van der Waals surface area contributed by atoms with E-state index in [1.165, 1.54) is 7.05 Å². The fourth-order valence-corrected chi connectivity index (χ4v) is 1.54. The van der Waals surface area contributed by atoms with Crippen molar-refractivity contribution in [1.29, 1.82) is 0 Å². The van der Waals surface area contributed by atoms with Crippen LogP contribution in [0.1, 0.15) is 5.69 Å². The van der Waals surface area contributed by atoms with E-state index in [1.54, 1.807) is 5.43 Å². The Labute approximate surface area is 120 Å². The van der Waals surface area contributed by atoms with Crippen LogP contribution in [0.25, 0.3) is 0 Å². The first-order valence-corrected chi connectivity index (χ1v) is 5.61. The minimum atomic E-state index is -1.65. The first-order valence-electron chi connectivity index (χ1n) is 5.61. The van der Waals surface area contributed by atoms with Gasteiger partial charge in [0.05, 0.1) is 13.3 Å². The van der Waals surface area contributed by atoms with Gasteiger partial charge in [0, 0.05) is 6.07 Å². The molecule has 0 unspecified atom stereocenters. The van der Waals surface area contributed by atoms with E-state index < -0.39 is 39.8 Å². The topological polar surface area (TPSA) is 85.3 Å². The normalized spacial score (nSPS) is 11.1. The number of nitrogens with one attached hydrogen (secondary N) is 1. The Kier molecular flexibility index (Phi) is 4.06. The number of hydrazone groups is 1. The molecule has 0 radical (unpaired) electrons. The van der Waals surface area contributed by atoms with Crippen molar-refractivity contribution >= 4 is 17.9 Å². The number of imidazole rings is 1. The first kappa shape index (κ1) is 15.4. The molecule has 1 heterocycles. The second-order valence-corrected chi connectivity index (χ2v) is 4.01. The fraction of sp³-hybridized carbons (Fsp3) is 0.0909. The molecule has 0 bridgehead atoms. The zero-order chi connectivity index (χ0) is 16.4. The van der Waals surface area contributed by atoms with Crippen LogP contribution in [0.3, 0.4) is 0 Å². The van der Waals surface area contributed by atoms with Gasteiger partial charge in [-0.2, -0.15) is 5.10 Å². The molecule has 7 nitrogen and oxygen atoms in total. The Morgan fingerprint density at radius 2 is 1.91 bits per heavy atom. The van der Waals surface area contributed by atoms with E-state index in [1.807, 2.05) is 0 Å². The number of aromatic nitrogens is 2. The number of anilines is 1. The van der Waals surface area contributed by atoms with Crippen LogP contribution < -0.4 is 5.43 Å². The van der Waals surface area contributed by atoms with Gasteiger partial charge in [-0.15, -0.1) is 0 Å². The van der Waals surface area contributed by atoms with E-state index >= 15 is 0 Å². The molecule has 1 aromatic carbocycles. The van der Waals surface area contributed by atoms with E-state index in [4.69, 9.17) is 0 Å². The number of rotatable bonds is 4. The van der Waals surface area contributed by atoms with Crippen LogP contribution in [0, 0.1) is 33.4 Å². The molecule has 0 aliphatic rings. The Bertz CT molecular complexity index is 748. The van der Waals surface area contributed by atoms with Crippen LogP contribution in [-0.4, -0.2) is 20.7 Å². The van der Waals surface area contributed by atoms with Gasteiger partial charge in [-0.05, 0) is 4.92 Å². The molecule has 0 aliphatic carbocycles. The highest BCUT2D eigenvalue weighted by molar-refractivity contribution is 5.78. The SMILES string of the molecule is Cn1c(/C=N/Nc2c(F)c(F)cc(F)c2F)cnc1[N+](=O)[O-]. The van der Waals surface area contributed by atoms with Crippen molar-refractivity contribution in [3.8, 4) is 0 Å². The van der Waals surface area contributed by atoms with Gasteiger partial charge in [0.15, 0.2) is 29.0 Å². The van der Waals surface area contributed by atoms with Crippen LogP contribution >= 0.6 is 0 Å². The van der Waals surface area contributed by atoms with Gasteiger partial charge in [0.1, 0.15) is 11.9 Å². The van der Waals surface area contributed by atoms with Crippen molar-refractivity contribution in [3.05, 3.63) is 51.3 Å². The summed E-state index contributed by atoms with van der Waals surface area (Å²) in [6.07, 6.45) is 2.03. The summed E-state index contributed by atoms with van der Waals surface area (Å²) in [5.74, 6) is -6.95. The summed E-state index contributed by atoms with van der Waals surface area (Å²) < 4.78 is 53.6. The van der Waals surface area contributed by atoms with Gasteiger partial charge in [-0.1, -0.05) is 4.98 Å². The Balaban J connectivity index is 2.26. The lowest BCUT2D eigenvalue weighted by Crippen LogP contribution is -2.04. The lowest BCUT2D eigenvalue weighted by Gasteiger charge is -2.05. The minimum absolute atomic E-state index is 0.0596. The molecule has 0 saturated carbocycles. The zero-order valence-corrected chi connectivity index (χ0v) is 10.8. The standard InChI is InChI=1S/C11H7F4N5O2/c1-19-5(3-16-11(19)20(21)22)4-17-18-10-8(14)6(12)2-7(13)9(10)15/h2-4,18H,1H3/b17-4+. The second kappa shape index (κ2) is 5.79. The predicted molar refractivity (Wildman–Crippen MR) is 67.4 cm³/mol. The third-order valence-electron chi connectivity index (χ3n) is 2.65. The maximum absolute atomic E-state index is 13.3. The van der Waals surface area contributed by atoms with Gasteiger partial charge in [0.25, 0.3) is 0 Å². The van der Waals surface area contributed by atoms with E-state index in [9.17, 15) is 27.7 Å². The Morgan fingerprint density at radius 3 is 2.41 bits per heavy atom. The maximum atomic E-state index is 13.3. The van der Waals surface area contributed by atoms with Gasteiger partial charge in [0.2, 0.25) is 0 Å². The predicted octanol–water partition coefficient (Wildman–Crippen LogP) is 2.33. The van der Waals surface area contributed by atoms with E-state index in [-0.39, 0.29) is 11.8 Å². The zero-order valence-electron chi connectivity index (χ0n) is 10.8. The number of nitrogens with zero attached hydrogens (tertiary/aromatic N) is 4. The third kappa shape index (κ3) is 2.73. The molecular formula is C11H7F4N5O2. The first-order chi connectivity index (χ1) is 10.3. The minimum Gasteiger partial charge on any atom is -0.390 e. The highest BCUT2D eigenvalue weighted by Gasteiger charge is 2.19. The number of hydrogen-bond donors (Lipinski definition) is 1. The molecule has 22 heavy (non-hydrogen) atoms. The number of nitro groups is 1. The molecule has 2 aromatic rings. The summed E-state index contributed by atoms with van der Waals surface area (Å²) in [5.41, 5.74) is 0.808. The largest absolute Gasteiger partial charge is 0.434 e. The summed E-state index contributed by atoms with van der Waals surface area (Å²) >= 11 is 0. The summed E-state index contributed by atoms with van der Waals surface area (Å²) in [7, 11) is 1.31. The molecule has 0 fully saturated rings. The van der Waals surface area contributed by atoms with Crippen molar-refractivity contribution in [2.75, 3.05) is 5.43 Å². The van der Waals surface area contributed by atoms with Crippen molar-refractivity contribution in [3.63, 3.8) is 0 Å². The quantitative estimate of drug-likeness (QED) is 0.308. The number of halogens is 4. The average molecular weight is 317 g/mol. The molecule has 1 aromatic heterocycles. The third-order valence-corrected chi connectivity index (χ3v) is 2.65. The van der Waals surface area contributed by atoms with Crippen molar-refractivity contribution in [2.45, 2.75) is 0 Å². The van der Waals surface area contributed by atoms with E-state index in [0.29, 0.717) is 0 Å². The molecule has 0 aliphatic heterocycles. The average Bonchev–Trinajstić information content (AvgIpc) is 2.82. The summed E-state index contributed by atoms with van der Waals surface area (Å²) in [6, 6.07) is 0.0596. The van der Waals surface area contributed by atoms with Crippen LogP contribution in [0.4, 0.5) is 29.2 Å². The van der Waals surface area contributed by atoms with Crippen LogP contribution in [-0.2, 0) is 7.05 Å². The van der Waals surface area contributed by atoms with Crippen LogP contribution in [0.15, 0.2) is 17.4 Å². The molecule has 116 valence electrons. The number of benzene rings is 1. The van der Waals surface area contributed by atoms with Gasteiger partial charge in [-0.3, -0.25) is 5.43 Å². The van der Waals surface area contributed by atoms with Crippen LogP contribution in [0.2, 0.25) is 0 Å². The van der Waals surface area contributed by atoms with E-state index in [0.717, 1.165) is 17.0 Å². The molecule has 11 heteroatoms. The Hall–Kier alpha value is -2.98. The monoisotopic (exact) mass is 317 g/mol. The highest BCUT2D eigenvalue weighted by atomic mass is 19.2. The van der Waals surface area contributed by atoms with Crippen molar-refractivity contribution in [2.24, 2.45) is 12.1 Å². The molecule has 1 N–H and O–H groups in total.